The van der Waals surface area contributed by atoms with Crippen LogP contribution in [-0.4, -0.2) is 49.3 Å². The van der Waals surface area contributed by atoms with Gasteiger partial charge < -0.3 is 20.1 Å². The zero-order chi connectivity index (χ0) is 50.2. The highest BCUT2D eigenvalue weighted by Crippen LogP contribution is 2.43. The molecule has 0 heterocycles. The number of rotatable bonds is 49. The maximum atomic E-state index is 12.7. The molecule has 392 valence electrons. The molecule has 0 saturated heterocycles. The molecule has 2 atom stereocenters. The first-order valence-corrected chi connectivity index (χ1v) is 28.5. The third-order valence-corrected chi connectivity index (χ3v) is 11.8. The lowest BCUT2D eigenvalue weighted by molar-refractivity contribution is -0.161. The number of phosphoric ester groups is 1. The summed E-state index contributed by atoms with van der Waals surface area (Å²) in [5.74, 6) is -0.859. The summed E-state index contributed by atoms with van der Waals surface area (Å²) >= 11 is 0. The minimum atomic E-state index is -4.40. The summed E-state index contributed by atoms with van der Waals surface area (Å²) in [4.78, 5) is 35.1. The predicted octanol–water partition coefficient (Wildman–Crippen LogP) is 16.8. The van der Waals surface area contributed by atoms with Crippen LogP contribution < -0.4 is 5.73 Å². The molecule has 3 N–H and O–H groups in total. The summed E-state index contributed by atoms with van der Waals surface area (Å²) in [6.45, 7) is 3.47. The molecule has 0 aromatic heterocycles. The largest absolute Gasteiger partial charge is 0.472 e. The highest BCUT2D eigenvalue weighted by molar-refractivity contribution is 7.47. The van der Waals surface area contributed by atoms with E-state index in [4.69, 9.17) is 24.3 Å². The maximum Gasteiger partial charge on any atom is 0.472 e. The highest BCUT2D eigenvalue weighted by atomic mass is 31.2. The molecule has 0 aromatic carbocycles. The van der Waals surface area contributed by atoms with E-state index in [9.17, 15) is 19.0 Å². The summed E-state index contributed by atoms with van der Waals surface area (Å²) in [5, 5.41) is 0. The Morgan fingerprint density at radius 1 is 0.435 bits per heavy atom. The van der Waals surface area contributed by atoms with E-state index in [1.807, 2.05) is 0 Å². The molecule has 0 aliphatic heterocycles. The van der Waals surface area contributed by atoms with Gasteiger partial charge in [-0.25, -0.2) is 4.57 Å². The number of hydrogen-bond acceptors (Lipinski definition) is 8. The van der Waals surface area contributed by atoms with Crippen molar-refractivity contribution in [2.75, 3.05) is 26.4 Å². The molecule has 69 heavy (non-hydrogen) atoms. The van der Waals surface area contributed by atoms with Gasteiger partial charge in [-0.15, -0.1) is 0 Å². The zero-order valence-electron chi connectivity index (χ0n) is 43.5. The average Bonchev–Trinajstić information content (AvgIpc) is 3.34. The molecule has 0 aliphatic carbocycles. The van der Waals surface area contributed by atoms with Gasteiger partial charge in [0.2, 0.25) is 0 Å². The number of nitrogens with two attached hydrogens (primary N) is 1. The van der Waals surface area contributed by atoms with Crippen molar-refractivity contribution < 1.29 is 37.6 Å². The van der Waals surface area contributed by atoms with E-state index in [-0.39, 0.29) is 32.6 Å². The Morgan fingerprint density at radius 3 is 1.12 bits per heavy atom. The standard InChI is InChI=1S/C59H98NO8P/c1-3-5-7-9-11-13-15-17-19-20-21-22-23-24-25-26-27-28-29-30-31-32-33-34-35-36-38-40-42-44-46-48-50-52-59(62)68-57(56-67-69(63,64)66-54-53-60)55-65-58(61)51-49-47-45-43-41-39-37-18-16-14-12-10-8-6-4-2/h5-8,11-14,17-19,21-22,24-25,27-28,30-31,37,57H,3-4,9-10,15-16,20,23,26,29,32-36,38-56,60H2,1-2H3,(H,63,64)/b7-5-,8-6-,13-11-,14-12-,19-17-,22-21-,25-24-,28-27-,31-30-,37-18-. The van der Waals surface area contributed by atoms with E-state index in [2.05, 4.69) is 135 Å². The lowest BCUT2D eigenvalue weighted by Gasteiger charge is -2.19. The summed E-state index contributed by atoms with van der Waals surface area (Å²) in [6.07, 6.45) is 73.9. The van der Waals surface area contributed by atoms with Crippen LogP contribution in [0.5, 0.6) is 0 Å². The molecule has 0 radical (unpaired) electrons. The van der Waals surface area contributed by atoms with Crippen molar-refractivity contribution in [2.24, 2.45) is 5.73 Å². The fourth-order valence-electron chi connectivity index (χ4n) is 6.92. The third-order valence-electron chi connectivity index (χ3n) is 10.8. The lowest BCUT2D eigenvalue weighted by atomic mass is 10.0. The van der Waals surface area contributed by atoms with Gasteiger partial charge in [-0.1, -0.05) is 212 Å². The molecule has 2 unspecified atom stereocenters. The molecule has 9 nitrogen and oxygen atoms in total. The Kier molecular flexibility index (Phi) is 51.0. The van der Waals surface area contributed by atoms with Crippen LogP contribution in [0.15, 0.2) is 122 Å². The predicted molar refractivity (Wildman–Crippen MR) is 293 cm³/mol. The van der Waals surface area contributed by atoms with Crippen LogP contribution in [0.1, 0.15) is 206 Å². The summed E-state index contributed by atoms with van der Waals surface area (Å²) in [5.41, 5.74) is 5.37. The Labute approximate surface area is 421 Å². The lowest BCUT2D eigenvalue weighted by Crippen LogP contribution is -2.29. The number of allylic oxidation sites excluding steroid dienone is 20. The van der Waals surface area contributed by atoms with Gasteiger partial charge in [-0.05, 0) is 103 Å². The van der Waals surface area contributed by atoms with Crippen LogP contribution in [0, 0.1) is 0 Å². The number of carbonyl (C=O) groups is 2. The molecule has 0 bridgehead atoms. The van der Waals surface area contributed by atoms with Crippen LogP contribution in [0.3, 0.4) is 0 Å². The Hall–Kier alpha value is -3.59. The van der Waals surface area contributed by atoms with Crippen LogP contribution in [-0.2, 0) is 32.7 Å². The highest BCUT2D eigenvalue weighted by Gasteiger charge is 2.26. The Bertz CT molecular complexity index is 1540. The summed E-state index contributed by atoms with van der Waals surface area (Å²) in [7, 11) is -4.40. The van der Waals surface area contributed by atoms with Gasteiger partial charge in [0.1, 0.15) is 6.61 Å². The fourth-order valence-corrected chi connectivity index (χ4v) is 7.69. The van der Waals surface area contributed by atoms with Crippen molar-refractivity contribution in [2.45, 2.75) is 213 Å². The minimum absolute atomic E-state index is 0.0444. The van der Waals surface area contributed by atoms with E-state index in [0.29, 0.717) is 12.8 Å². The van der Waals surface area contributed by atoms with Gasteiger partial charge in [0.15, 0.2) is 6.10 Å². The number of ether oxygens (including phenoxy) is 2. The molecule has 0 aromatic rings. The van der Waals surface area contributed by atoms with Gasteiger partial charge >= 0.3 is 19.8 Å². The van der Waals surface area contributed by atoms with Crippen LogP contribution in [0.25, 0.3) is 0 Å². The van der Waals surface area contributed by atoms with E-state index < -0.39 is 32.5 Å². The maximum absolute atomic E-state index is 12.7. The second-order valence-corrected chi connectivity index (χ2v) is 18.8. The topological polar surface area (TPSA) is 134 Å². The van der Waals surface area contributed by atoms with Crippen molar-refractivity contribution in [3.8, 4) is 0 Å². The molecule has 10 heteroatoms. The molecule has 0 fully saturated rings. The number of phosphoric acid groups is 1. The number of hydrogen-bond donors (Lipinski definition) is 2. The smallest absolute Gasteiger partial charge is 0.462 e. The molecule has 0 aliphatic rings. The third kappa shape index (κ3) is 53.6. The van der Waals surface area contributed by atoms with Gasteiger partial charge in [-0.3, -0.25) is 18.6 Å². The Morgan fingerprint density at radius 2 is 0.754 bits per heavy atom. The van der Waals surface area contributed by atoms with E-state index in [0.717, 1.165) is 122 Å². The van der Waals surface area contributed by atoms with Crippen LogP contribution in [0.2, 0.25) is 0 Å². The fraction of sp³-hybridized carbons (Fsp3) is 0.627. The SMILES string of the molecule is CC/C=C\C/C=C\C/C=C\C/C=C\C/C=C\C/C=C\C/C=C\CCCCCCCCCCCCCC(=O)OC(COC(=O)CCCCCCC/C=C\C/C=C\C/C=C\CC)COP(=O)(O)OCCN. The van der Waals surface area contributed by atoms with E-state index >= 15 is 0 Å². The second kappa shape index (κ2) is 53.8. The summed E-state index contributed by atoms with van der Waals surface area (Å²) < 4.78 is 32.9. The number of carbonyl (C=O) groups excluding carboxylic acids is 2. The first-order chi connectivity index (χ1) is 33.8. The van der Waals surface area contributed by atoms with E-state index in [1.54, 1.807) is 0 Å². The van der Waals surface area contributed by atoms with Gasteiger partial charge in [0, 0.05) is 19.4 Å². The van der Waals surface area contributed by atoms with Crippen molar-refractivity contribution in [1.29, 1.82) is 0 Å². The van der Waals surface area contributed by atoms with Crippen molar-refractivity contribution in [1.82, 2.24) is 0 Å². The molecule has 0 rings (SSSR count). The quantitative estimate of drug-likeness (QED) is 0.0264. The normalized spacial score (nSPS) is 14.1. The average molecular weight is 980 g/mol. The zero-order valence-corrected chi connectivity index (χ0v) is 44.4. The first kappa shape index (κ1) is 65.4. The van der Waals surface area contributed by atoms with Crippen molar-refractivity contribution >= 4 is 19.8 Å². The van der Waals surface area contributed by atoms with Crippen molar-refractivity contribution in [3.63, 3.8) is 0 Å². The number of esters is 2. The van der Waals surface area contributed by atoms with Gasteiger partial charge in [0.25, 0.3) is 0 Å². The van der Waals surface area contributed by atoms with Crippen LogP contribution in [0.4, 0.5) is 0 Å². The van der Waals surface area contributed by atoms with E-state index in [1.165, 1.54) is 44.9 Å². The van der Waals surface area contributed by atoms with Gasteiger partial charge in [0.05, 0.1) is 13.2 Å². The van der Waals surface area contributed by atoms with Crippen molar-refractivity contribution in [3.05, 3.63) is 122 Å². The Balaban J connectivity index is 4.01. The van der Waals surface area contributed by atoms with Crippen LogP contribution >= 0.6 is 7.82 Å². The minimum Gasteiger partial charge on any atom is -0.462 e. The summed E-state index contributed by atoms with van der Waals surface area (Å²) in [6, 6.07) is 0. The molecular formula is C59H98NO8P. The number of unbranched alkanes of at least 4 members (excludes halogenated alkanes) is 16. The molecular weight excluding hydrogens is 882 g/mol. The molecule has 0 spiro atoms. The van der Waals surface area contributed by atoms with Gasteiger partial charge in [-0.2, -0.15) is 0 Å². The molecule has 0 amide bonds. The first-order valence-electron chi connectivity index (χ1n) is 27.0. The molecule has 0 saturated carbocycles. The second-order valence-electron chi connectivity index (χ2n) is 17.3. The monoisotopic (exact) mass is 980 g/mol.